The van der Waals surface area contributed by atoms with E-state index in [1.165, 1.54) is 0 Å². The molecule has 2 aliphatic rings. The van der Waals surface area contributed by atoms with Crippen LogP contribution in [-0.4, -0.2) is 38.5 Å². The van der Waals surface area contributed by atoms with Gasteiger partial charge in [0.25, 0.3) is 5.56 Å². The minimum atomic E-state index is -4.64. The van der Waals surface area contributed by atoms with E-state index in [-0.39, 0.29) is 23.2 Å². The largest absolute Gasteiger partial charge is 0.493 e. The molecule has 2 fully saturated rings. The molecule has 1 heterocycles. The van der Waals surface area contributed by atoms with E-state index < -0.39 is 41.0 Å². The van der Waals surface area contributed by atoms with Crippen molar-refractivity contribution in [3.63, 3.8) is 0 Å². The summed E-state index contributed by atoms with van der Waals surface area (Å²) in [5.41, 5.74) is -1.40. The van der Waals surface area contributed by atoms with Gasteiger partial charge in [-0.1, -0.05) is 5.21 Å². The van der Waals surface area contributed by atoms with Crippen molar-refractivity contribution < 1.29 is 32.6 Å². The molecular weight excluding hydrogens is 491 g/mol. The molecule has 11 heteroatoms. The van der Waals surface area contributed by atoms with E-state index in [9.17, 15) is 32.7 Å². The van der Waals surface area contributed by atoms with Gasteiger partial charge in [0.05, 0.1) is 30.0 Å². The predicted octanol–water partition coefficient (Wildman–Crippen LogP) is 4.21. The molecule has 2 aromatic carbocycles. The fourth-order valence-corrected chi connectivity index (χ4v) is 4.98. The number of halogens is 3. The van der Waals surface area contributed by atoms with Gasteiger partial charge in [0.15, 0.2) is 5.78 Å². The second kappa shape index (κ2) is 9.60. The third-order valence-corrected chi connectivity index (χ3v) is 7.19. The summed E-state index contributed by atoms with van der Waals surface area (Å²) in [6, 6.07) is 9.23. The van der Waals surface area contributed by atoms with Crippen LogP contribution >= 0.6 is 0 Å². The molecular formula is C26H24F3N3O5. The summed E-state index contributed by atoms with van der Waals surface area (Å²) >= 11 is 0. The van der Waals surface area contributed by atoms with Gasteiger partial charge in [-0.25, -0.2) is 4.68 Å². The van der Waals surface area contributed by atoms with Crippen LogP contribution < -0.4 is 10.3 Å². The molecule has 1 aromatic heterocycles. The SMILES string of the molecule is O=C(O)[C@H]1[C@H](Cn2nnc3ccc(C(F)(F)F)cc3c2=O)CC[C@@H]1C(=O)c1ccc(OCC2CC2)cc1. The van der Waals surface area contributed by atoms with Crippen molar-refractivity contribution in [2.45, 2.75) is 38.4 Å². The number of carbonyl (C=O) groups is 2. The fourth-order valence-electron chi connectivity index (χ4n) is 4.98. The maximum Gasteiger partial charge on any atom is 0.416 e. The van der Waals surface area contributed by atoms with E-state index in [0.717, 1.165) is 35.7 Å². The molecule has 0 aliphatic heterocycles. The van der Waals surface area contributed by atoms with Gasteiger partial charge in [0.1, 0.15) is 11.3 Å². The van der Waals surface area contributed by atoms with E-state index in [1.54, 1.807) is 24.3 Å². The van der Waals surface area contributed by atoms with Crippen LogP contribution in [0, 0.1) is 23.7 Å². The second-order valence-electron chi connectivity index (χ2n) is 9.76. The third-order valence-electron chi connectivity index (χ3n) is 7.19. The van der Waals surface area contributed by atoms with Crippen molar-refractivity contribution >= 4 is 22.7 Å². The van der Waals surface area contributed by atoms with Crippen molar-refractivity contribution in [3.8, 4) is 5.75 Å². The normalized spacial score (nSPS) is 21.8. The van der Waals surface area contributed by atoms with E-state index in [4.69, 9.17) is 4.74 Å². The number of hydrogen-bond donors (Lipinski definition) is 1. The summed E-state index contributed by atoms with van der Waals surface area (Å²) in [5.74, 6) is -2.76. The van der Waals surface area contributed by atoms with Gasteiger partial charge in [0, 0.05) is 11.5 Å². The molecule has 5 rings (SSSR count). The zero-order valence-electron chi connectivity index (χ0n) is 19.6. The summed E-state index contributed by atoms with van der Waals surface area (Å²) in [7, 11) is 0. The third kappa shape index (κ3) is 5.21. The predicted molar refractivity (Wildman–Crippen MR) is 125 cm³/mol. The standard InChI is InChI=1S/C26H24F3N3O5/c27-26(28,29)17-6-10-21-20(11-17)24(34)32(31-30-21)12-16-5-9-19(22(16)25(35)36)23(33)15-3-7-18(8-4-15)37-13-14-1-2-14/h3-4,6-8,10-11,14,16,19,22H,1-2,5,9,12-13H2,(H,35,36)/t16-,19-,22-/m0/s1. The van der Waals surface area contributed by atoms with E-state index in [1.807, 2.05) is 0 Å². The average molecular weight is 515 g/mol. The molecule has 3 aromatic rings. The average Bonchev–Trinajstić information content (AvgIpc) is 3.61. The van der Waals surface area contributed by atoms with Crippen LogP contribution in [0.15, 0.2) is 47.3 Å². The first-order chi connectivity index (χ1) is 17.6. The number of Topliss-reactive ketones (excluding diaryl/α,β-unsaturated/α-hetero) is 1. The number of carbonyl (C=O) groups excluding carboxylic acids is 1. The Balaban J connectivity index is 1.34. The molecule has 2 saturated carbocycles. The molecule has 0 radical (unpaired) electrons. The summed E-state index contributed by atoms with van der Waals surface area (Å²) < 4.78 is 45.9. The number of alkyl halides is 3. The highest BCUT2D eigenvalue weighted by Gasteiger charge is 2.45. The van der Waals surface area contributed by atoms with Crippen molar-refractivity contribution in [2.24, 2.45) is 23.7 Å². The first-order valence-corrected chi connectivity index (χ1v) is 12.1. The zero-order chi connectivity index (χ0) is 26.3. The van der Waals surface area contributed by atoms with Gasteiger partial charge < -0.3 is 9.84 Å². The van der Waals surface area contributed by atoms with Crippen LogP contribution in [0.3, 0.4) is 0 Å². The Morgan fingerprint density at radius 3 is 2.43 bits per heavy atom. The van der Waals surface area contributed by atoms with Gasteiger partial charge in [-0.2, -0.15) is 13.2 Å². The van der Waals surface area contributed by atoms with Crippen molar-refractivity contribution in [2.75, 3.05) is 6.61 Å². The number of hydrogen-bond acceptors (Lipinski definition) is 6. The second-order valence-corrected chi connectivity index (χ2v) is 9.76. The van der Waals surface area contributed by atoms with Crippen LogP contribution in [0.5, 0.6) is 5.75 Å². The number of carboxylic acid groups (broad SMARTS) is 1. The molecule has 37 heavy (non-hydrogen) atoms. The summed E-state index contributed by atoms with van der Waals surface area (Å²) in [6.07, 6.45) is -1.69. The minimum Gasteiger partial charge on any atom is -0.493 e. The molecule has 8 nitrogen and oxygen atoms in total. The van der Waals surface area contributed by atoms with E-state index in [2.05, 4.69) is 10.3 Å². The molecule has 194 valence electrons. The molecule has 0 amide bonds. The van der Waals surface area contributed by atoms with Gasteiger partial charge in [0.2, 0.25) is 0 Å². The van der Waals surface area contributed by atoms with Gasteiger partial charge in [-0.3, -0.25) is 14.4 Å². The summed E-state index contributed by atoms with van der Waals surface area (Å²) in [4.78, 5) is 38.3. The number of nitrogens with zero attached hydrogens (tertiary/aromatic N) is 3. The Hall–Kier alpha value is -3.76. The first-order valence-electron chi connectivity index (χ1n) is 12.1. The van der Waals surface area contributed by atoms with Crippen molar-refractivity contribution in [1.82, 2.24) is 15.0 Å². The highest BCUT2D eigenvalue weighted by molar-refractivity contribution is 6.00. The van der Waals surface area contributed by atoms with E-state index >= 15 is 0 Å². The Morgan fingerprint density at radius 2 is 1.78 bits per heavy atom. The zero-order valence-corrected chi connectivity index (χ0v) is 19.6. The lowest BCUT2D eigenvalue weighted by Gasteiger charge is -2.20. The van der Waals surface area contributed by atoms with Gasteiger partial charge in [-0.15, -0.1) is 5.10 Å². The number of carboxylic acids is 1. The maximum atomic E-state index is 13.2. The monoisotopic (exact) mass is 515 g/mol. The van der Waals surface area contributed by atoms with Crippen LogP contribution in [0.25, 0.3) is 10.9 Å². The summed E-state index contributed by atoms with van der Waals surface area (Å²) in [5, 5.41) is 17.3. The van der Waals surface area contributed by atoms with Crippen LogP contribution in [0.1, 0.15) is 41.6 Å². The summed E-state index contributed by atoms with van der Waals surface area (Å²) in [6.45, 7) is 0.458. The van der Waals surface area contributed by atoms with Crippen LogP contribution in [0.4, 0.5) is 13.2 Å². The molecule has 0 saturated heterocycles. The number of ketones is 1. The van der Waals surface area contributed by atoms with Crippen molar-refractivity contribution in [1.29, 1.82) is 0 Å². The molecule has 3 atom stereocenters. The molecule has 1 N–H and O–H groups in total. The lowest BCUT2D eigenvalue weighted by atomic mass is 9.84. The molecule has 0 spiro atoms. The fraction of sp³-hybridized carbons (Fsp3) is 0.423. The van der Waals surface area contributed by atoms with Crippen LogP contribution in [-0.2, 0) is 17.5 Å². The van der Waals surface area contributed by atoms with Crippen LogP contribution in [0.2, 0.25) is 0 Å². The van der Waals surface area contributed by atoms with E-state index in [0.29, 0.717) is 36.7 Å². The number of aliphatic carboxylic acids is 1. The Labute approximate surface area is 209 Å². The minimum absolute atomic E-state index is 0.00747. The Bertz CT molecular complexity index is 1400. The Morgan fingerprint density at radius 1 is 1.05 bits per heavy atom. The number of fused-ring (bicyclic) bond motifs is 1. The quantitative estimate of drug-likeness (QED) is 0.448. The number of aromatic nitrogens is 3. The topological polar surface area (TPSA) is 111 Å². The first kappa shape index (κ1) is 24.9. The lowest BCUT2D eigenvalue weighted by molar-refractivity contribution is -0.144. The number of ether oxygens (including phenoxy) is 1. The number of rotatable bonds is 8. The van der Waals surface area contributed by atoms with Gasteiger partial charge in [-0.05, 0) is 80.0 Å². The van der Waals surface area contributed by atoms with Gasteiger partial charge >= 0.3 is 12.1 Å². The molecule has 0 bridgehead atoms. The highest BCUT2D eigenvalue weighted by atomic mass is 19.4. The van der Waals surface area contributed by atoms with Crippen molar-refractivity contribution in [3.05, 3.63) is 63.9 Å². The lowest BCUT2D eigenvalue weighted by Crippen LogP contribution is -2.34. The highest BCUT2D eigenvalue weighted by Crippen LogP contribution is 2.40. The molecule has 0 unspecified atom stereocenters. The number of benzene rings is 2. The maximum absolute atomic E-state index is 13.2. The Kier molecular flexibility index (Phi) is 6.47. The smallest absolute Gasteiger partial charge is 0.416 e. The molecule has 2 aliphatic carbocycles.